The third-order valence-electron chi connectivity index (χ3n) is 5.62. The molecule has 1 atom stereocenters. The summed E-state index contributed by atoms with van der Waals surface area (Å²) in [6.45, 7) is 0.518. The van der Waals surface area contributed by atoms with E-state index in [2.05, 4.69) is 16.0 Å². The molecule has 1 unspecified atom stereocenters. The van der Waals surface area contributed by atoms with E-state index in [0.717, 1.165) is 37.8 Å². The number of nitrogens with two attached hydrogens (primary N) is 1. The average molecular weight is 409 g/mol. The van der Waals surface area contributed by atoms with Crippen molar-refractivity contribution in [1.82, 2.24) is 16.0 Å². The highest BCUT2D eigenvalue weighted by molar-refractivity contribution is 5.85. The van der Waals surface area contributed by atoms with Gasteiger partial charge in [-0.1, -0.05) is 25.3 Å². The van der Waals surface area contributed by atoms with Crippen molar-refractivity contribution in [3.05, 3.63) is 29.3 Å². The molecule has 0 radical (unpaired) electrons. The number of hydrogen-bond donors (Lipinski definition) is 4. The van der Waals surface area contributed by atoms with E-state index in [1.54, 1.807) is 0 Å². The highest BCUT2D eigenvalue weighted by Gasteiger charge is 2.21. The number of carbonyl (C=O) groups excluding carboxylic acids is 2. The molecule has 7 heteroatoms. The van der Waals surface area contributed by atoms with Crippen LogP contribution >= 0.6 is 12.4 Å². The number of rotatable bonds is 6. The third-order valence-corrected chi connectivity index (χ3v) is 5.62. The lowest BCUT2D eigenvalue weighted by Gasteiger charge is -2.26. The Labute approximate surface area is 173 Å². The molecule has 2 aliphatic carbocycles. The molecule has 1 aromatic rings. The van der Waals surface area contributed by atoms with Crippen LogP contribution in [0.5, 0.6) is 0 Å². The summed E-state index contributed by atoms with van der Waals surface area (Å²) in [4.78, 5) is 24.2. The zero-order valence-corrected chi connectivity index (χ0v) is 17.3. The van der Waals surface area contributed by atoms with Crippen LogP contribution in [0.1, 0.15) is 75.0 Å². The number of benzene rings is 1. The van der Waals surface area contributed by atoms with Gasteiger partial charge in [-0.2, -0.15) is 0 Å². The zero-order valence-electron chi connectivity index (χ0n) is 16.5. The topological polar surface area (TPSA) is 96.2 Å². The summed E-state index contributed by atoms with van der Waals surface area (Å²) in [5, 5.41) is 9.03. The number of hydrogen-bond acceptors (Lipinski definition) is 3. The average Bonchev–Trinajstić information content (AvgIpc) is 2.66. The fourth-order valence-electron chi connectivity index (χ4n) is 4.18. The summed E-state index contributed by atoms with van der Waals surface area (Å²) in [6.07, 6.45) is 9.92. The third kappa shape index (κ3) is 6.59. The van der Waals surface area contributed by atoms with E-state index < -0.39 is 0 Å². The van der Waals surface area contributed by atoms with Crippen molar-refractivity contribution in [2.24, 2.45) is 0 Å². The van der Waals surface area contributed by atoms with E-state index in [1.807, 2.05) is 18.2 Å². The molecule has 2 aliphatic rings. The Kier molecular flexibility index (Phi) is 8.90. The molecule has 0 bridgehead atoms. The normalized spacial score (nSPS) is 19.1. The van der Waals surface area contributed by atoms with Crippen molar-refractivity contribution in [3.8, 4) is 0 Å². The number of fused-ring (bicyclic) bond motifs is 1. The number of halogens is 1. The van der Waals surface area contributed by atoms with Gasteiger partial charge in [0.25, 0.3) is 0 Å². The Bertz CT molecular complexity index is 662. The largest absolute Gasteiger partial charge is 0.399 e. The molecule has 3 amide bonds. The number of nitrogens with one attached hydrogen (secondary N) is 3. The summed E-state index contributed by atoms with van der Waals surface area (Å²) in [5.41, 5.74) is 9.07. The van der Waals surface area contributed by atoms with E-state index >= 15 is 0 Å². The monoisotopic (exact) mass is 408 g/mol. The van der Waals surface area contributed by atoms with Crippen molar-refractivity contribution in [2.45, 2.75) is 76.3 Å². The van der Waals surface area contributed by atoms with Gasteiger partial charge in [0.15, 0.2) is 0 Å². The van der Waals surface area contributed by atoms with E-state index in [1.165, 1.54) is 30.4 Å². The van der Waals surface area contributed by atoms with Crippen LogP contribution in [0.2, 0.25) is 0 Å². The Morgan fingerprint density at radius 2 is 1.82 bits per heavy atom. The number of anilines is 1. The van der Waals surface area contributed by atoms with Gasteiger partial charge in [0.05, 0.1) is 6.04 Å². The second-order valence-electron chi connectivity index (χ2n) is 7.81. The van der Waals surface area contributed by atoms with E-state index in [0.29, 0.717) is 25.4 Å². The van der Waals surface area contributed by atoms with Crippen molar-refractivity contribution in [1.29, 1.82) is 0 Å². The maximum absolute atomic E-state index is 12.3. The first-order valence-corrected chi connectivity index (χ1v) is 10.3. The fraction of sp³-hybridized carbons (Fsp3) is 0.619. The van der Waals surface area contributed by atoms with Crippen LogP contribution in [0.3, 0.4) is 0 Å². The Morgan fingerprint density at radius 1 is 1.04 bits per heavy atom. The molecule has 28 heavy (non-hydrogen) atoms. The minimum atomic E-state index is -0.110. The van der Waals surface area contributed by atoms with Crippen LogP contribution in [0.4, 0.5) is 10.5 Å². The molecular weight excluding hydrogens is 376 g/mol. The summed E-state index contributed by atoms with van der Waals surface area (Å²) in [7, 11) is 0. The van der Waals surface area contributed by atoms with Crippen LogP contribution in [-0.2, 0) is 11.2 Å². The molecule has 3 rings (SSSR count). The molecule has 0 saturated heterocycles. The molecule has 0 spiro atoms. The predicted molar refractivity (Wildman–Crippen MR) is 115 cm³/mol. The number of nitrogen functional groups attached to an aromatic ring is 1. The molecule has 1 saturated carbocycles. The summed E-state index contributed by atoms with van der Waals surface area (Å²) in [6, 6.07) is 6.22. The lowest BCUT2D eigenvalue weighted by molar-refractivity contribution is -0.122. The maximum atomic E-state index is 12.3. The van der Waals surface area contributed by atoms with Gasteiger partial charge in [-0.3, -0.25) is 4.79 Å². The van der Waals surface area contributed by atoms with E-state index in [4.69, 9.17) is 5.73 Å². The van der Waals surface area contributed by atoms with E-state index in [9.17, 15) is 9.59 Å². The number of amides is 3. The lowest BCUT2D eigenvalue weighted by Crippen LogP contribution is -2.43. The van der Waals surface area contributed by atoms with Crippen LogP contribution in [0.15, 0.2) is 18.2 Å². The molecule has 6 nitrogen and oxygen atoms in total. The van der Waals surface area contributed by atoms with Crippen molar-refractivity contribution in [3.63, 3.8) is 0 Å². The maximum Gasteiger partial charge on any atom is 0.315 e. The zero-order chi connectivity index (χ0) is 19.1. The Morgan fingerprint density at radius 3 is 2.61 bits per heavy atom. The predicted octanol–water partition coefficient (Wildman–Crippen LogP) is 3.60. The van der Waals surface area contributed by atoms with Gasteiger partial charge in [0.2, 0.25) is 5.91 Å². The molecule has 1 aromatic carbocycles. The minimum absolute atomic E-state index is 0. The first-order valence-electron chi connectivity index (χ1n) is 10.3. The van der Waals surface area contributed by atoms with E-state index in [-0.39, 0.29) is 30.4 Å². The number of carbonyl (C=O) groups is 2. The quantitative estimate of drug-likeness (QED) is 0.427. The highest BCUT2D eigenvalue weighted by Crippen LogP contribution is 2.31. The van der Waals surface area contributed by atoms with Gasteiger partial charge in [-0.25, -0.2) is 4.79 Å². The van der Waals surface area contributed by atoms with Crippen LogP contribution in [0, 0.1) is 0 Å². The van der Waals surface area contributed by atoms with Gasteiger partial charge in [-0.05, 0) is 61.8 Å². The van der Waals surface area contributed by atoms with Crippen LogP contribution < -0.4 is 21.7 Å². The first-order chi connectivity index (χ1) is 13.1. The van der Waals surface area contributed by atoms with Crippen LogP contribution in [-0.4, -0.2) is 24.5 Å². The Balaban J connectivity index is 0.00000280. The van der Waals surface area contributed by atoms with Gasteiger partial charge in [-0.15, -0.1) is 12.4 Å². The fourth-order valence-corrected chi connectivity index (χ4v) is 4.18. The number of aryl methyl sites for hydroxylation is 1. The molecule has 156 valence electrons. The molecular formula is C21H33ClN4O2. The van der Waals surface area contributed by atoms with Gasteiger partial charge in [0.1, 0.15) is 0 Å². The van der Waals surface area contributed by atoms with Gasteiger partial charge in [0, 0.05) is 24.7 Å². The SMILES string of the molecule is Cl.Nc1ccc2c(c1)CCCC2NC(=O)CCCNC(=O)NC1CCCCC1. The second kappa shape index (κ2) is 11.1. The van der Waals surface area contributed by atoms with Crippen LogP contribution in [0.25, 0.3) is 0 Å². The molecule has 1 fully saturated rings. The summed E-state index contributed by atoms with van der Waals surface area (Å²) in [5.74, 6) is 0.0409. The molecule has 5 N–H and O–H groups in total. The molecule has 0 aliphatic heterocycles. The van der Waals surface area contributed by atoms with Crippen molar-refractivity contribution < 1.29 is 9.59 Å². The molecule has 0 heterocycles. The number of urea groups is 1. The van der Waals surface area contributed by atoms with Gasteiger partial charge >= 0.3 is 6.03 Å². The summed E-state index contributed by atoms with van der Waals surface area (Å²) < 4.78 is 0. The van der Waals surface area contributed by atoms with Crippen molar-refractivity contribution >= 4 is 30.0 Å². The standard InChI is InChI=1S/C21H32N4O2.ClH/c22-16-11-12-18-15(14-16)6-4-9-19(18)25-20(26)10-5-13-23-21(27)24-17-7-2-1-3-8-17;/h11-12,14,17,19H,1-10,13,22H2,(H,25,26)(H2,23,24,27);1H. The van der Waals surface area contributed by atoms with Gasteiger partial charge < -0.3 is 21.7 Å². The minimum Gasteiger partial charge on any atom is -0.399 e. The lowest BCUT2D eigenvalue weighted by atomic mass is 9.87. The van der Waals surface area contributed by atoms with Crippen molar-refractivity contribution in [2.75, 3.05) is 12.3 Å². The second-order valence-corrected chi connectivity index (χ2v) is 7.81. The highest BCUT2D eigenvalue weighted by atomic mass is 35.5. The first kappa shape index (κ1) is 22.3. The smallest absolute Gasteiger partial charge is 0.315 e. The Hall–Kier alpha value is -1.95. The molecule has 0 aromatic heterocycles. The summed E-state index contributed by atoms with van der Waals surface area (Å²) >= 11 is 0.